The van der Waals surface area contributed by atoms with Gasteiger partial charge in [-0.3, -0.25) is 9.69 Å². The van der Waals surface area contributed by atoms with Crippen LogP contribution in [0.1, 0.15) is 42.0 Å². The van der Waals surface area contributed by atoms with Gasteiger partial charge in [-0.1, -0.05) is 54.6 Å². The van der Waals surface area contributed by atoms with Gasteiger partial charge >= 0.3 is 0 Å². The molecule has 1 unspecified atom stereocenters. The molecular formula is C21H27N3O. The second-order valence-corrected chi connectivity index (χ2v) is 6.80. The van der Waals surface area contributed by atoms with Gasteiger partial charge in [0.1, 0.15) is 0 Å². The standard InChI is InChI=1S/C21H27N3O/c22-20(19-9-2-1-3-10-19)14-21(25)23-15-17-7-6-8-18(13-17)16-24-11-4-5-12-24/h1-3,6-10,13,20H,4-5,11-12,14-16,22H2,(H,23,25). The van der Waals surface area contributed by atoms with Crippen LogP contribution in [0.5, 0.6) is 0 Å². The normalized spacial score (nSPS) is 15.9. The smallest absolute Gasteiger partial charge is 0.222 e. The second kappa shape index (κ2) is 8.79. The minimum Gasteiger partial charge on any atom is -0.352 e. The number of carbonyl (C=O) groups excluding carboxylic acids is 1. The summed E-state index contributed by atoms with van der Waals surface area (Å²) in [4.78, 5) is 14.6. The zero-order valence-corrected chi connectivity index (χ0v) is 14.7. The maximum Gasteiger partial charge on any atom is 0.222 e. The number of nitrogens with zero attached hydrogens (tertiary/aromatic N) is 1. The lowest BCUT2D eigenvalue weighted by Crippen LogP contribution is -2.27. The number of likely N-dealkylation sites (tertiary alicyclic amines) is 1. The van der Waals surface area contributed by atoms with Crippen LogP contribution in [0.2, 0.25) is 0 Å². The Bertz CT molecular complexity index is 681. The Labute approximate surface area is 150 Å². The summed E-state index contributed by atoms with van der Waals surface area (Å²) in [6.45, 7) is 3.94. The van der Waals surface area contributed by atoms with E-state index in [-0.39, 0.29) is 11.9 Å². The van der Waals surface area contributed by atoms with Crippen LogP contribution in [0.15, 0.2) is 54.6 Å². The van der Waals surface area contributed by atoms with Crippen LogP contribution in [0, 0.1) is 0 Å². The summed E-state index contributed by atoms with van der Waals surface area (Å²) in [5.41, 5.74) is 9.56. The van der Waals surface area contributed by atoms with Crippen molar-refractivity contribution in [1.29, 1.82) is 0 Å². The zero-order chi connectivity index (χ0) is 17.5. The molecule has 132 valence electrons. The predicted molar refractivity (Wildman–Crippen MR) is 101 cm³/mol. The van der Waals surface area contributed by atoms with E-state index in [1.165, 1.54) is 31.5 Å². The fourth-order valence-electron chi connectivity index (χ4n) is 3.33. The molecule has 4 heteroatoms. The van der Waals surface area contributed by atoms with Crippen LogP contribution in [-0.4, -0.2) is 23.9 Å². The number of nitrogens with one attached hydrogen (secondary N) is 1. The quantitative estimate of drug-likeness (QED) is 0.816. The van der Waals surface area contributed by atoms with Gasteiger partial charge in [0.15, 0.2) is 0 Å². The Hall–Kier alpha value is -2.17. The Kier molecular flexibility index (Phi) is 6.20. The van der Waals surface area contributed by atoms with Crippen LogP contribution in [-0.2, 0) is 17.9 Å². The third-order valence-electron chi connectivity index (χ3n) is 4.72. The van der Waals surface area contributed by atoms with E-state index in [1.54, 1.807) is 0 Å². The van der Waals surface area contributed by atoms with Gasteiger partial charge < -0.3 is 11.1 Å². The SMILES string of the molecule is NC(CC(=O)NCc1cccc(CN2CCCC2)c1)c1ccccc1. The fourth-order valence-corrected chi connectivity index (χ4v) is 3.33. The summed E-state index contributed by atoms with van der Waals surface area (Å²) in [6, 6.07) is 18.0. The molecule has 1 saturated heterocycles. The molecule has 0 saturated carbocycles. The van der Waals surface area contributed by atoms with E-state index in [9.17, 15) is 4.79 Å². The van der Waals surface area contributed by atoms with Crippen molar-refractivity contribution in [3.05, 3.63) is 71.3 Å². The van der Waals surface area contributed by atoms with Crippen LogP contribution in [0.4, 0.5) is 0 Å². The third-order valence-corrected chi connectivity index (χ3v) is 4.72. The van der Waals surface area contributed by atoms with Crippen molar-refractivity contribution in [3.63, 3.8) is 0 Å². The first-order valence-corrected chi connectivity index (χ1v) is 9.08. The van der Waals surface area contributed by atoms with Crippen molar-refractivity contribution < 1.29 is 4.79 Å². The lowest BCUT2D eigenvalue weighted by Gasteiger charge is -2.15. The number of carbonyl (C=O) groups is 1. The molecule has 1 aliphatic rings. The van der Waals surface area contributed by atoms with E-state index in [2.05, 4.69) is 34.5 Å². The molecule has 0 radical (unpaired) electrons. The second-order valence-electron chi connectivity index (χ2n) is 6.80. The molecule has 3 N–H and O–H groups in total. The summed E-state index contributed by atoms with van der Waals surface area (Å²) >= 11 is 0. The number of rotatable bonds is 7. The average molecular weight is 337 g/mol. The molecular weight excluding hydrogens is 310 g/mol. The van der Waals surface area contributed by atoms with E-state index < -0.39 is 0 Å². The number of hydrogen-bond acceptors (Lipinski definition) is 3. The minimum atomic E-state index is -0.261. The molecule has 1 heterocycles. The first kappa shape index (κ1) is 17.6. The monoisotopic (exact) mass is 337 g/mol. The summed E-state index contributed by atoms with van der Waals surface area (Å²) in [7, 11) is 0. The van der Waals surface area contributed by atoms with Crippen LogP contribution >= 0.6 is 0 Å². The maximum absolute atomic E-state index is 12.2. The molecule has 4 nitrogen and oxygen atoms in total. The van der Waals surface area contributed by atoms with Gasteiger partial charge in [0, 0.05) is 25.6 Å². The van der Waals surface area contributed by atoms with Crippen molar-refractivity contribution >= 4 is 5.91 Å². The predicted octanol–water partition coefficient (Wildman–Crippen LogP) is 2.99. The van der Waals surface area contributed by atoms with Crippen LogP contribution in [0.25, 0.3) is 0 Å². The summed E-state index contributed by atoms with van der Waals surface area (Å²) in [6.07, 6.45) is 2.91. The van der Waals surface area contributed by atoms with E-state index in [0.29, 0.717) is 13.0 Å². The molecule has 3 rings (SSSR count). The van der Waals surface area contributed by atoms with Crippen LogP contribution < -0.4 is 11.1 Å². The van der Waals surface area contributed by atoms with E-state index in [4.69, 9.17) is 5.73 Å². The van der Waals surface area contributed by atoms with Crippen molar-refractivity contribution in [3.8, 4) is 0 Å². The van der Waals surface area contributed by atoms with E-state index in [0.717, 1.165) is 17.7 Å². The third kappa shape index (κ3) is 5.41. The molecule has 25 heavy (non-hydrogen) atoms. The topological polar surface area (TPSA) is 58.4 Å². The lowest BCUT2D eigenvalue weighted by atomic mass is 10.0. The van der Waals surface area contributed by atoms with Crippen molar-refractivity contribution in [1.82, 2.24) is 10.2 Å². The van der Waals surface area contributed by atoms with Crippen molar-refractivity contribution in [2.75, 3.05) is 13.1 Å². The molecule has 0 bridgehead atoms. The van der Waals surface area contributed by atoms with Crippen molar-refractivity contribution in [2.45, 2.75) is 38.4 Å². The van der Waals surface area contributed by atoms with Gasteiger partial charge in [-0.05, 0) is 42.6 Å². The highest BCUT2D eigenvalue weighted by molar-refractivity contribution is 5.76. The van der Waals surface area contributed by atoms with Crippen LogP contribution in [0.3, 0.4) is 0 Å². The first-order chi connectivity index (χ1) is 12.2. The fraction of sp³-hybridized carbons (Fsp3) is 0.381. The van der Waals surface area contributed by atoms with Gasteiger partial charge in [0.2, 0.25) is 5.91 Å². The highest BCUT2D eigenvalue weighted by Gasteiger charge is 2.13. The average Bonchev–Trinajstić information content (AvgIpc) is 3.14. The molecule has 2 aromatic rings. The number of benzene rings is 2. The van der Waals surface area contributed by atoms with Gasteiger partial charge in [-0.25, -0.2) is 0 Å². The van der Waals surface area contributed by atoms with E-state index >= 15 is 0 Å². The Morgan fingerprint density at radius 1 is 1.04 bits per heavy atom. The molecule has 0 aromatic heterocycles. The maximum atomic E-state index is 12.2. The van der Waals surface area contributed by atoms with Gasteiger partial charge in [0.25, 0.3) is 0 Å². The van der Waals surface area contributed by atoms with E-state index in [1.807, 2.05) is 30.3 Å². The molecule has 2 aromatic carbocycles. The number of amides is 1. The Balaban J connectivity index is 1.48. The largest absolute Gasteiger partial charge is 0.352 e. The number of hydrogen-bond donors (Lipinski definition) is 2. The molecule has 1 atom stereocenters. The highest BCUT2D eigenvalue weighted by Crippen LogP contribution is 2.15. The Morgan fingerprint density at radius 2 is 1.76 bits per heavy atom. The summed E-state index contributed by atoms with van der Waals surface area (Å²) < 4.78 is 0. The molecule has 1 aliphatic heterocycles. The molecule has 0 spiro atoms. The molecule has 0 aliphatic carbocycles. The minimum absolute atomic E-state index is 0.0127. The lowest BCUT2D eigenvalue weighted by molar-refractivity contribution is -0.121. The summed E-state index contributed by atoms with van der Waals surface area (Å²) in [5.74, 6) is -0.0127. The molecule has 1 amide bonds. The van der Waals surface area contributed by atoms with Crippen molar-refractivity contribution in [2.24, 2.45) is 5.73 Å². The van der Waals surface area contributed by atoms with Gasteiger partial charge in [0.05, 0.1) is 0 Å². The Morgan fingerprint density at radius 3 is 2.52 bits per heavy atom. The zero-order valence-electron chi connectivity index (χ0n) is 14.7. The first-order valence-electron chi connectivity index (χ1n) is 9.08. The summed E-state index contributed by atoms with van der Waals surface area (Å²) in [5, 5.41) is 2.99. The highest BCUT2D eigenvalue weighted by atomic mass is 16.1. The number of nitrogens with two attached hydrogens (primary N) is 1. The van der Waals surface area contributed by atoms with Gasteiger partial charge in [-0.15, -0.1) is 0 Å². The van der Waals surface area contributed by atoms with Gasteiger partial charge in [-0.2, -0.15) is 0 Å². The molecule has 1 fully saturated rings.